The van der Waals surface area contributed by atoms with Crippen molar-refractivity contribution >= 4 is 6.09 Å². The Morgan fingerprint density at radius 1 is 1.12 bits per heavy atom. The van der Waals surface area contributed by atoms with Gasteiger partial charge in [-0.05, 0) is 78.1 Å². The third kappa shape index (κ3) is 4.58. The van der Waals surface area contributed by atoms with Gasteiger partial charge in [0, 0.05) is 6.54 Å². The van der Waals surface area contributed by atoms with Crippen molar-refractivity contribution in [3.63, 3.8) is 0 Å². The number of alkyl halides is 1. The van der Waals surface area contributed by atoms with Crippen LogP contribution in [0.15, 0.2) is 42.5 Å². The molecule has 2 atom stereocenters. The van der Waals surface area contributed by atoms with E-state index in [1.54, 1.807) is 0 Å². The number of hydrogen-bond donors (Lipinski definition) is 1. The summed E-state index contributed by atoms with van der Waals surface area (Å²) >= 11 is 0. The van der Waals surface area contributed by atoms with Gasteiger partial charge in [0.15, 0.2) is 0 Å². The Hall–Kier alpha value is -2.60. The van der Waals surface area contributed by atoms with Crippen LogP contribution < -0.4 is 10.1 Å². The molecule has 1 amide bonds. The number of piperidine rings is 3. The first kappa shape index (κ1) is 22.2. The fourth-order valence-electron chi connectivity index (χ4n) is 5.74. The average molecular weight is 453 g/mol. The van der Waals surface area contributed by atoms with Crippen molar-refractivity contribution in [3.8, 4) is 16.9 Å². The Balaban J connectivity index is 1.28. The van der Waals surface area contributed by atoms with Crippen molar-refractivity contribution < 1.29 is 18.7 Å². The normalized spacial score (nSPS) is 27.1. The fraction of sp³-hybridized carbons (Fsp3) is 0.519. The molecular weight excluding hydrogens is 419 g/mol. The number of carbonyl (C=O) groups is 1. The minimum absolute atomic E-state index is 0.00992. The topological polar surface area (TPSA) is 50.8 Å². The van der Waals surface area contributed by atoms with Gasteiger partial charge in [-0.2, -0.15) is 0 Å². The molecule has 5 nitrogen and oxygen atoms in total. The van der Waals surface area contributed by atoms with Crippen molar-refractivity contribution in [2.45, 2.75) is 45.3 Å². The Kier molecular flexibility index (Phi) is 6.04. The third-order valence-electron chi connectivity index (χ3n) is 7.53. The predicted molar refractivity (Wildman–Crippen MR) is 126 cm³/mol. The van der Waals surface area contributed by atoms with Gasteiger partial charge in [0.05, 0.1) is 6.04 Å². The molecule has 3 saturated heterocycles. The fourth-order valence-corrected chi connectivity index (χ4v) is 5.74. The number of benzene rings is 2. The number of amides is 1. The quantitative estimate of drug-likeness (QED) is 0.659. The molecule has 3 fully saturated rings. The lowest BCUT2D eigenvalue weighted by molar-refractivity contribution is -0.0348. The molecule has 1 N–H and O–H groups in total. The first-order valence-electron chi connectivity index (χ1n) is 12.0. The summed E-state index contributed by atoms with van der Waals surface area (Å²) in [7, 11) is 0. The molecule has 2 aromatic rings. The van der Waals surface area contributed by atoms with Crippen LogP contribution in [-0.4, -0.2) is 50.0 Å². The summed E-state index contributed by atoms with van der Waals surface area (Å²) in [5, 5.41) is 3.19. The van der Waals surface area contributed by atoms with Crippen LogP contribution in [0.4, 0.5) is 9.18 Å². The number of fused-ring (bicyclic) bond motifs is 4. The van der Waals surface area contributed by atoms with Gasteiger partial charge in [-0.25, -0.2) is 9.18 Å². The summed E-state index contributed by atoms with van der Waals surface area (Å²) in [6, 6.07) is 14.1. The molecule has 0 spiro atoms. The van der Waals surface area contributed by atoms with Crippen molar-refractivity contribution in [2.24, 2.45) is 11.3 Å². The Morgan fingerprint density at radius 2 is 1.85 bits per heavy atom. The van der Waals surface area contributed by atoms with E-state index in [1.165, 1.54) is 5.56 Å². The zero-order valence-electron chi connectivity index (χ0n) is 19.5. The number of nitrogens with zero attached hydrogens (tertiary/aromatic N) is 1. The van der Waals surface area contributed by atoms with Crippen molar-refractivity contribution in [1.82, 2.24) is 10.2 Å². The molecule has 0 radical (unpaired) electrons. The van der Waals surface area contributed by atoms with Crippen LogP contribution in [0.3, 0.4) is 0 Å². The van der Waals surface area contributed by atoms with Gasteiger partial charge in [0.1, 0.15) is 25.1 Å². The maximum absolute atomic E-state index is 12.8. The number of halogens is 1. The van der Waals surface area contributed by atoms with Crippen molar-refractivity contribution in [2.75, 3.05) is 32.9 Å². The molecule has 6 rings (SSSR count). The monoisotopic (exact) mass is 452 g/mol. The van der Waals surface area contributed by atoms with E-state index >= 15 is 0 Å². The molecule has 33 heavy (non-hydrogen) atoms. The van der Waals surface area contributed by atoms with E-state index in [4.69, 9.17) is 9.47 Å². The molecule has 0 saturated carbocycles. The SMILES string of the molecule is CC1(C)Cc2cc(-c3ccc(OCCF)cc3)ccc2C1NC(=O)O[C@@H]1CN2CCC1CC2. The van der Waals surface area contributed by atoms with Gasteiger partial charge in [-0.1, -0.05) is 44.2 Å². The van der Waals surface area contributed by atoms with Crippen molar-refractivity contribution in [3.05, 3.63) is 53.6 Å². The molecule has 176 valence electrons. The molecule has 3 heterocycles. The standard InChI is InChI=1S/C27H33FN2O3/c1-27(2)16-21-15-20(18-3-6-22(7-4-18)32-14-11-28)5-8-23(21)25(27)29-26(31)33-24-17-30-12-9-19(24)10-13-30/h3-8,15,19,24-25H,9-14,16-17H2,1-2H3,(H,29,31)/t24-,25?/m1/s1. The largest absolute Gasteiger partial charge is 0.491 e. The van der Waals surface area contributed by atoms with Crippen LogP contribution in [0.2, 0.25) is 0 Å². The molecular formula is C27H33FN2O3. The second-order valence-corrected chi connectivity index (χ2v) is 10.3. The lowest BCUT2D eigenvalue weighted by Gasteiger charge is -2.44. The van der Waals surface area contributed by atoms with Crippen LogP contribution in [0.5, 0.6) is 5.75 Å². The molecule has 1 aliphatic carbocycles. The number of nitrogens with one attached hydrogen (secondary N) is 1. The first-order valence-corrected chi connectivity index (χ1v) is 12.0. The van der Waals surface area contributed by atoms with Gasteiger partial charge < -0.3 is 14.8 Å². The van der Waals surface area contributed by atoms with E-state index in [-0.39, 0.29) is 30.3 Å². The first-order chi connectivity index (χ1) is 15.9. The summed E-state index contributed by atoms with van der Waals surface area (Å²) in [4.78, 5) is 15.2. The maximum atomic E-state index is 12.8. The Morgan fingerprint density at radius 3 is 2.52 bits per heavy atom. The molecule has 3 aliphatic heterocycles. The maximum Gasteiger partial charge on any atom is 0.407 e. The predicted octanol–water partition coefficient (Wildman–Crippen LogP) is 5.15. The summed E-state index contributed by atoms with van der Waals surface area (Å²) in [6.45, 7) is 7.10. The summed E-state index contributed by atoms with van der Waals surface area (Å²) in [5.74, 6) is 1.17. The van der Waals surface area contributed by atoms with Gasteiger partial charge in [0.2, 0.25) is 0 Å². The number of rotatable bonds is 6. The van der Waals surface area contributed by atoms with Crippen LogP contribution >= 0.6 is 0 Å². The Labute approximate surface area is 195 Å². The second kappa shape index (κ2) is 8.98. The van der Waals surface area contributed by atoms with Crippen LogP contribution in [0.1, 0.15) is 43.9 Å². The van der Waals surface area contributed by atoms with E-state index in [1.807, 2.05) is 24.3 Å². The summed E-state index contributed by atoms with van der Waals surface area (Å²) < 4.78 is 23.6. The number of ether oxygens (including phenoxy) is 2. The van der Waals surface area contributed by atoms with E-state index < -0.39 is 6.67 Å². The average Bonchev–Trinajstić information content (AvgIpc) is 3.07. The minimum atomic E-state index is -0.495. The minimum Gasteiger partial charge on any atom is -0.491 e. The molecule has 0 aromatic heterocycles. The van der Waals surface area contributed by atoms with Gasteiger partial charge in [-0.3, -0.25) is 4.90 Å². The van der Waals surface area contributed by atoms with Crippen LogP contribution in [-0.2, 0) is 11.2 Å². The van der Waals surface area contributed by atoms with E-state index in [2.05, 4.69) is 42.3 Å². The molecule has 1 unspecified atom stereocenters. The number of carbonyl (C=O) groups excluding carboxylic acids is 1. The third-order valence-corrected chi connectivity index (χ3v) is 7.53. The molecule has 2 bridgehead atoms. The number of alkyl carbamates (subject to hydrolysis) is 1. The Bertz CT molecular complexity index is 999. The molecule has 6 heteroatoms. The lowest BCUT2D eigenvalue weighted by Crippen LogP contribution is -2.53. The van der Waals surface area contributed by atoms with Gasteiger partial charge >= 0.3 is 6.09 Å². The zero-order valence-corrected chi connectivity index (χ0v) is 19.5. The molecule has 4 aliphatic rings. The highest BCUT2D eigenvalue weighted by Crippen LogP contribution is 2.46. The summed E-state index contributed by atoms with van der Waals surface area (Å²) in [5.41, 5.74) is 4.53. The highest BCUT2D eigenvalue weighted by molar-refractivity contribution is 5.70. The second-order valence-electron chi connectivity index (χ2n) is 10.3. The highest BCUT2D eigenvalue weighted by atomic mass is 19.1. The van der Waals surface area contributed by atoms with E-state index in [0.717, 1.165) is 55.6 Å². The van der Waals surface area contributed by atoms with Gasteiger partial charge in [0.25, 0.3) is 0 Å². The summed E-state index contributed by atoms with van der Waals surface area (Å²) in [6.07, 6.45) is 2.85. The van der Waals surface area contributed by atoms with E-state index in [9.17, 15) is 9.18 Å². The lowest BCUT2D eigenvalue weighted by atomic mass is 9.85. The van der Waals surface area contributed by atoms with Crippen LogP contribution in [0.25, 0.3) is 11.1 Å². The molecule has 2 aromatic carbocycles. The smallest absolute Gasteiger partial charge is 0.407 e. The van der Waals surface area contributed by atoms with Crippen LogP contribution in [0, 0.1) is 11.3 Å². The van der Waals surface area contributed by atoms with E-state index in [0.29, 0.717) is 11.7 Å². The number of hydrogen-bond acceptors (Lipinski definition) is 4. The highest BCUT2D eigenvalue weighted by Gasteiger charge is 2.42. The zero-order chi connectivity index (χ0) is 23.0. The van der Waals surface area contributed by atoms with Gasteiger partial charge in [-0.15, -0.1) is 0 Å². The van der Waals surface area contributed by atoms with Crippen molar-refractivity contribution in [1.29, 1.82) is 0 Å².